The molecule has 2 N–H and O–H groups in total. The van der Waals surface area contributed by atoms with E-state index in [0.717, 1.165) is 0 Å². The highest BCUT2D eigenvalue weighted by atomic mass is 16.6. The lowest BCUT2D eigenvalue weighted by molar-refractivity contribution is -0.385. The molecule has 0 saturated carbocycles. The van der Waals surface area contributed by atoms with Crippen molar-refractivity contribution in [2.24, 2.45) is 17.6 Å². The average Bonchev–Trinajstić information content (AvgIpc) is 2.63. The summed E-state index contributed by atoms with van der Waals surface area (Å²) in [7, 11) is 0. The molecule has 0 amide bonds. The van der Waals surface area contributed by atoms with Crippen LogP contribution in [0.25, 0.3) is 0 Å². The SMILES string of the molecule is CC1OC(C)C(C(N)Cc2ccccc2[N+](=O)[O-])C1C. The third-order valence-electron chi connectivity index (χ3n) is 4.46. The topological polar surface area (TPSA) is 78.4 Å². The van der Waals surface area contributed by atoms with Crippen LogP contribution in [0.5, 0.6) is 0 Å². The molecule has 0 aromatic heterocycles. The number of nitro groups is 1. The highest BCUT2D eigenvalue weighted by molar-refractivity contribution is 5.40. The van der Waals surface area contributed by atoms with Gasteiger partial charge in [0.05, 0.1) is 17.1 Å². The fourth-order valence-corrected chi connectivity index (χ4v) is 3.28. The van der Waals surface area contributed by atoms with Gasteiger partial charge in [-0.3, -0.25) is 10.1 Å². The number of nitro benzene ring substituents is 1. The van der Waals surface area contributed by atoms with Gasteiger partial charge in [-0.15, -0.1) is 0 Å². The standard InChI is InChI=1S/C15H22N2O3/c1-9-10(2)20-11(3)15(9)13(16)8-12-6-4-5-7-14(12)17(18)19/h4-7,9-11,13,15H,8,16H2,1-3H3. The highest BCUT2D eigenvalue weighted by Crippen LogP contribution is 2.35. The molecule has 5 unspecified atom stereocenters. The lowest BCUT2D eigenvalue weighted by atomic mass is 9.81. The van der Waals surface area contributed by atoms with Crippen LogP contribution < -0.4 is 5.73 Å². The molecule has 5 atom stereocenters. The van der Waals surface area contributed by atoms with Gasteiger partial charge in [0.2, 0.25) is 0 Å². The first kappa shape index (κ1) is 14.9. The number of ether oxygens (including phenoxy) is 1. The molecule has 5 heteroatoms. The summed E-state index contributed by atoms with van der Waals surface area (Å²) in [6.45, 7) is 6.22. The molecular formula is C15H22N2O3. The molecule has 0 bridgehead atoms. The predicted octanol–water partition coefficient (Wildman–Crippen LogP) is 2.52. The first-order chi connectivity index (χ1) is 9.41. The second-order valence-electron chi connectivity index (χ2n) is 5.74. The maximum atomic E-state index is 11.0. The smallest absolute Gasteiger partial charge is 0.272 e. The van der Waals surface area contributed by atoms with E-state index in [0.29, 0.717) is 17.9 Å². The number of para-hydroxylation sites is 1. The lowest BCUT2D eigenvalue weighted by Gasteiger charge is -2.25. The van der Waals surface area contributed by atoms with Crippen molar-refractivity contribution in [1.29, 1.82) is 0 Å². The fourth-order valence-electron chi connectivity index (χ4n) is 3.28. The second kappa shape index (κ2) is 5.89. The minimum atomic E-state index is -0.345. The molecule has 1 heterocycles. The molecule has 1 aromatic rings. The van der Waals surface area contributed by atoms with Crippen LogP contribution in [-0.2, 0) is 11.2 Å². The van der Waals surface area contributed by atoms with E-state index in [2.05, 4.69) is 13.8 Å². The van der Waals surface area contributed by atoms with Gasteiger partial charge in [0.1, 0.15) is 0 Å². The number of benzene rings is 1. The Morgan fingerprint density at radius 2 is 1.95 bits per heavy atom. The molecule has 1 aliphatic rings. The van der Waals surface area contributed by atoms with E-state index >= 15 is 0 Å². The van der Waals surface area contributed by atoms with Crippen LogP contribution in [0.1, 0.15) is 26.3 Å². The van der Waals surface area contributed by atoms with Gasteiger partial charge >= 0.3 is 0 Å². The van der Waals surface area contributed by atoms with Crippen molar-refractivity contribution < 1.29 is 9.66 Å². The molecule has 1 fully saturated rings. The van der Waals surface area contributed by atoms with E-state index < -0.39 is 0 Å². The fraction of sp³-hybridized carbons (Fsp3) is 0.600. The van der Waals surface area contributed by atoms with E-state index in [9.17, 15) is 10.1 Å². The molecule has 1 saturated heterocycles. The molecule has 0 radical (unpaired) electrons. The molecule has 20 heavy (non-hydrogen) atoms. The van der Waals surface area contributed by atoms with Gasteiger partial charge in [-0.05, 0) is 26.2 Å². The zero-order chi connectivity index (χ0) is 14.9. The van der Waals surface area contributed by atoms with Gasteiger partial charge in [-0.2, -0.15) is 0 Å². The zero-order valence-corrected chi connectivity index (χ0v) is 12.2. The maximum Gasteiger partial charge on any atom is 0.272 e. The first-order valence-electron chi connectivity index (χ1n) is 7.05. The number of hydrogen-bond donors (Lipinski definition) is 1. The van der Waals surface area contributed by atoms with Crippen LogP contribution in [0.3, 0.4) is 0 Å². The molecule has 0 spiro atoms. The number of rotatable bonds is 4. The maximum absolute atomic E-state index is 11.0. The van der Waals surface area contributed by atoms with Crippen molar-refractivity contribution in [2.45, 2.75) is 45.4 Å². The Balaban J connectivity index is 2.16. The zero-order valence-electron chi connectivity index (χ0n) is 12.2. The Morgan fingerprint density at radius 1 is 1.30 bits per heavy atom. The van der Waals surface area contributed by atoms with Crippen molar-refractivity contribution in [3.05, 3.63) is 39.9 Å². The molecule has 1 aliphatic heterocycles. The van der Waals surface area contributed by atoms with E-state index in [4.69, 9.17) is 10.5 Å². The minimum absolute atomic E-state index is 0.0952. The molecule has 0 aliphatic carbocycles. The highest BCUT2D eigenvalue weighted by Gasteiger charge is 2.40. The van der Waals surface area contributed by atoms with Crippen molar-refractivity contribution >= 4 is 5.69 Å². The lowest BCUT2D eigenvalue weighted by Crippen LogP contribution is -2.39. The van der Waals surface area contributed by atoms with Crippen LogP contribution in [0.15, 0.2) is 24.3 Å². The summed E-state index contributed by atoms with van der Waals surface area (Å²) >= 11 is 0. The third kappa shape index (κ3) is 2.83. The van der Waals surface area contributed by atoms with Gasteiger partial charge in [-0.1, -0.05) is 25.1 Å². The molecule has 2 rings (SSSR count). The summed E-state index contributed by atoms with van der Waals surface area (Å²) in [5.41, 5.74) is 7.17. The Labute approximate surface area is 119 Å². The summed E-state index contributed by atoms with van der Waals surface area (Å²) in [5, 5.41) is 11.0. The third-order valence-corrected chi connectivity index (χ3v) is 4.46. The number of nitrogens with two attached hydrogens (primary N) is 1. The number of nitrogens with zero attached hydrogens (tertiary/aromatic N) is 1. The van der Waals surface area contributed by atoms with Gasteiger partial charge in [0.15, 0.2) is 0 Å². The second-order valence-corrected chi connectivity index (χ2v) is 5.74. The van der Waals surface area contributed by atoms with Crippen molar-refractivity contribution in [2.75, 3.05) is 0 Å². The summed E-state index contributed by atoms with van der Waals surface area (Å²) in [4.78, 5) is 10.7. The van der Waals surface area contributed by atoms with Crippen LogP contribution in [-0.4, -0.2) is 23.2 Å². The van der Waals surface area contributed by atoms with E-state index in [1.807, 2.05) is 13.0 Å². The largest absolute Gasteiger partial charge is 0.375 e. The Morgan fingerprint density at radius 3 is 2.50 bits per heavy atom. The minimum Gasteiger partial charge on any atom is -0.375 e. The molecule has 1 aromatic carbocycles. The van der Waals surface area contributed by atoms with Gasteiger partial charge < -0.3 is 10.5 Å². The van der Waals surface area contributed by atoms with Crippen molar-refractivity contribution in [1.82, 2.24) is 0 Å². The summed E-state index contributed by atoms with van der Waals surface area (Å²) < 4.78 is 5.81. The Bertz CT molecular complexity index is 492. The van der Waals surface area contributed by atoms with Crippen molar-refractivity contribution in [3.63, 3.8) is 0 Å². The summed E-state index contributed by atoms with van der Waals surface area (Å²) in [6, 6.07) is 6.68. The summed E-state index contributed by atoms with van der Waals surface area (Å²) in [5.74, 6) is 0.590. The van der Waals surface area contributed by atoms with E-state index in [1.165, 1.54) is 6.07 Å². The molecule has 5 nitrogen and oxygen atoms in total. The van der Waals surface area contributed by atoms with Gasteiger partial charge in [0.25, 0.3) is 5.69 Å². The van der Waals surface area contributed by atoms with Crippen LogP contribution in [0.4, 0.5) is 5.69 Å². The molecule has 110 valence electrons. The van der Waals surface area contributed by atoms with Crippen LogP contribution in [0.2, 0.25) is 0 Å². The predicted molar refractivity (Wildman–Crippen MR) is 77.4 cm³/mol. The van der Waals surface area contributed by atoms with Crippen LogP contribution in [0, 0.1) is 22.0 Å². The van der Waals surface area contributed by atoms with E-state index in [-0.39, 0.29) is 34.8 Å². The number of hydrogen-bond acceptors (Lipinski definition) is 4. The van der Waals surface area contributed by atoms with Gasteiger partial charge in [0, 0.05) is 23.6 Å². The average molecular weight is 278 g/mol. The first-order valence-corrected chi connectivity index (χ1v) is 7.05. The molecular weight excluding hydrogens is 256 g/mol. The Hall–Kier alpha value is -1.46. The quantitative estimate of drug-likeness (QED) is 0.678. The summed E-state index contributed by atoms with van der Waals surface area (Å²) in [6.07, 6.45) is 0.789. The van der Waals surface area contributed by atoms with Gasteiger partial charge in [-0.25, -0.2) is 0 Å². The monoisotopic (exact) mass is 278 g/mol. The normalized spacial score (nSPS) is 31.2. The van der Waals surface area contributed by atoms with Crippen LogP contribution >= 0.6 is 0 Å². The Kier molecular flexibility index (Phi) is 4.40. The van der Waals surface area contributed by atoms with Crippen molar-refractivity contribution in [3.8, 4) is 0 Å². The van der Waals surface area contributed by atoms with E-state index in [1.54, 1.807) is 12.1 Å².